The average Bonchev–Trinajstić information content (AvgIpc) is 2.11. The topological polar surface area (TPSA) is 20.2 Å². The van der Waals surface area contributed by atoms with Gasteiger partial charge in [-0.25, -0.2) is 0 Å². The van der Waals surface area contributed by atoms with Crippen molar-refractivity contribution < 1.29 is 5.11 Å². The number of hydrogen-bond donors (Lipinski definition) is 1. The van der Waals surface area contributed by atoms with Gasteiger partial charge in [0.05, 0.1) is 5.60 Å². The minimum atomic E-state index is -0.430. The van der Waals surface area contributed by atoms with Crippen LogP contribution in [-0.2, 0) is 0 Å². The summed E-state index contributed by atoms with van der Waals surface area (Å²) in [7, 11) is 0. The van der Waals surface area contributed by atoms with Crippen molar-refractivity contribution in [2.24, 2.45) is 29.6 Å². The molecule has 2 aliphatic carbocycles. The van der Waals surface area contributed by atoms with Gasteiger partial charge in [-0.15, -0.1) is 0 Å². The van der Waals surface area contributed by atoms with Gasteiger partial charge in [0, 0.05) is 0 Å². The fourth-order valence-corrected chi connectivity index (χ4v) is 5.12. The highest BCUT2D eigenvalue weighted by atomic mass is 16.3. The summed E-state index contributed by atoms with van der Waals surface area (Å²) in [5.74, 6) is 3.70. The van der Waals surface area contributed by atoms with Gasteiger partial charge in [-0.2, -0.15) is 0 Å². The molecule has 0 heterocycles. The van der Waals surface area contributed by atoms with Crippen LogP contribution in [0.3, 0.4) is 0 Å². The van der Waals surface area contributed by atoms with Gasteiger partial charge in [0.1, 0.15) is 0 Å². The van der Waals surface area contributed by atoms with Gasteiger partial charge in [-0.1, -0.05) is 32.4 Å². The van der Waals surface area contributed by atoms with Crippen molar-refractivity contribution in [2.75, 3.05) is 0 Å². The lowest BCUT2D eigenvalue weighted by atomic mass is 9.60. The summed E-state index contributed by atoms with van der Waals surface area (Å²) in [6.07, 6.45) is 7.04. The molecule has 1 heteroatoms. The van der Waals surface area contributed by atoms with Crippen LogP contribution < -0.4 is 0 Å². The average molecular weight is 250 g/mol. The second-order valence-corrected chi connectivity index (χ2v) is 7.63. The maximum atomic E-state index is 10.3. The Kier molecular flexibility index (Phi) is 3.92. The quantitative estimate of drug-likeness (QED) is 0.683. The molecule has 0 aromatic rings. The molecule has 0 spiro atoms. The molecule has 1 saturated carbocycles. The van der Waals surface area contributed by atoms with Crippen LogP contribution in [0.25, 0.3) is 0 Å². The summed E-state index contributed by atoms with van der Waals surface area (Å²) < 4.78 is 0. The molecule has 0 aromatic carbocycles. The van der Waals surface area contributed by atoms with E-state index in [2.05, 4.69) is 33.8 Å². The predicted molar refractivity (Wildman–Crippen MR) is 77.3 cm³/mol. The number of hydrogen-bond acceptors (Lipinski definition) is 1. The van der Waals surface area contributed by atoms with E-state index < -0.39 is 5.60 Å². The van der Waals surface area contributed by atoms with Crippen molar-refractivity contribution in [1.82, 2.24) is 0 Å². The number of rotatable bonds is 1. The molecule has 4 unspecified atom stereocenters. The highest BCUT2D eigenvalue weighted by Crippen LogP contribution is 2.48. The molecule has 0 amide bonds. The maximum absolute atomic E-state index is 10.3. The molecule has 0 aliphatic heterocycles. The second-order valence-electron chi connectivity index (χ2n) is 7.63. The Morgan fingerprint density at radius 3 is 2.22 bits per heavy atom. The zero-order valence-corrected chi connectivity index (χ0v) is 12.7. The Balaban J connectivity index is 2.11. The monoisotopic (exact) mass is 250 g/mol. The van der Waals surface area contributed by atoms with Crippen LogP contribution in [0.1, 0.15) is 60.3 Å². The van der Waals surface area contributed by atoms with E-state index in [4.69, 9.17) is 0 Å². The fraction of sp³-hybridized carbons (Fsp3) is 0.882. The summed E-state index contributed by atoms with van der Waals surface area (Å²) in [5, 5.41) is 10.3. The van der Waals surface area contributed by atoms with Crippen LogP contribution in [-0.4, -0.2) is 10.7 Å². The first-order valence-electron chi connectivity index (χ1n) is 7.68. The van der Waals surface area contributed by atoms with E-state index in [9.17, 15) is 5.11 Å². The van der Waals surface area contributed by atoms with Crippen molar-refractivity contribution >= 4 is 0 Å². The Morgan fingerprint density at radius 2 is 1.72 bits per heavy atom. The smallest absolute Gasteiger partial charge is 0.0625 e. The minimum absolute atomic E-state index is 0.430. The van der Waals surface area contributed by atoms with E-state index in [1.165, 1.54) is 12.8 Å². The molecule has 2 aliphatic rings. The molecule has 0 radical (unpaired) electrons. The molecule has 1 N–H and O–H groups in total. The van der Waals surface area contributed by atoms with Crippen LogP contribution in [0.15, 0.2) is 11.6 Å². The molecule has 1 nitrogen and oxygen atoms in total. The molecule has 104 valence electrons. The van der Waals surface area contributed by atoms with E-state index in [1.807, 2.05) is 6.92 Å². The lowest BCUT2D eigenvalue weighted by molar-refractivity contribution is -0.0578. The Labute approximate surface area is 113 Å². The highest BCUT2D eigenvalue weighted by molar-refractivity contribution is 5.08. The maximum Gasteiger partial charge on any atom is 0.0625 e. The first-order valence-corrected chi connectivity index (χ1v) is 7.68. The molecule has 0 saturated heterocycles. The summed E-state index contributed by atoms with van der Waals surface area (Å²) in [6.45, 7) is 11.4. The molecule has 4 atom stereocenters. The summed E-state index contributed by atoms with van der Waals surface area (Å²) in [4.78, 5) is 0. The van der Waals surface area contributed by atoms with Crippen LogP contribution in [0.5, 0.6) is 0 Å². The van der Waals surface area contributed by atoms with Crippen molar-refractivity contribution in [3.8, 4) is 0 Å². The van der Waals surface area contributed by atoms with Crippen molar-refractivity contribution in [3.63, 3.8) is 0 Å². The van der Waals surface area contributed by atoms with E-state index >= 15 is 0 Å². The first kappa shape index (κ1) is 14.1. The lowest BCUT2D eigenvalue weighted by Crippen LogP contribution is -2.43. The molecule has 18 heavy (non-hydrogen) atoms. The van der Waals surface area contributed by atoms with Crippen molar-refractivity contribution in [2.45, 2.75) is 65.9 Å². The Morgan fingerprint density at radius 1 is 1.17 bits per heavy atom. The molecule has 1 fully saturated rings. The van der Waals surface area contributed by atoms with Gasteiger partial charge < -0.3 is 5.11 Å². The normalized spacial score (nSPS) is 49.9. The van der Waals surface area contributed by atoms with Crippen LogP contribution >= 0.6 is 0 Å². The SMILES string of the molecule is CC1=CC(C)CC(C2C(C)CC(C)(O)CC2C)C1. The van der Waals surface area contributed by atoms with Gasteiger partial charge in [0.15, 0.2) is 0 Å². The fourth-order valence-electron chi connectivity index (χ4n) is 5.12. The van der Waals surface area contributed by atoms with Gasteiger partial charge in [0.25, 0.3) is 0 Å². The molecular weight excluding hydrogens is 220 g/mol. The predicted octanol–water partition coefficient (Wildman–Crippen LogP) is 4.41. The zero-order valence-electron chi connectivity index (χ0n) is 12.7. The largest absolute Gasteiger partial charge is 0.390 e. The van der Waals surface area contributed by atoms with E-state index in [0.717, 1.165) is 30.6 Å². The highest BCUT2D eigenvalue weighted by Gasteiger charge is 2.42. The van der Waals surface area contributed by atoms with Gasteiger partial charge in [0.2, 0.25) is 0 Å². The summed E-state index contributed by atoms with van der Waals surface area (Å²) in [6, 6.07) is 0. The van der Waals surface area contributed by atoms with Crippen LogP contribution in [0.2, 0.25) is 0 Å². The lowest BCUT2D eigenvalue weighted by Gasteiger charge is -2.47. The van der Waals surface area contributed by atoms with Crippen LogP contribution in [0.4, 0.5) is 0 Å². The van der Waals surface area contributed by atoms with Gasteiger partial charge in [-0.05, 0) is 69.1 Å². The third kappa shape index (κ3) is 2.99. The minimum Gasteiger partial charge on any atom is -0.390 e. The standard InChI is InChI=1S/C17H30O/c1-11-6-12(2)8-15(7-11)16-13(3)9-17(5,18)10-14(16)4/h6,11,13-16,18H,7-10H2,1-5H3. The van der Waals surface area contributed by atoms with Gasteiger partial charge in [-0.3, -0.25) is 0 Å². The Bertz CT molecular complexity index is 315. The van der Waals surface area contributed by atoms with Crippen molar-refractivity contribution in [1.29, 1.82) is 0 Å². The number of aliphatic hydroxyl groups is 1. The first-order chi connectivity index (χ1) is 8.28. The molecular formula is C17H30O. The van der Waals surface area contributed by atoms with Crippen molar-refractivity contribution in [3.05, 3.63) is 11.6 Å². The number of allylic oxidation sites excluding steroid dienone is 2. The van der Waals surface area contributed by atoms with E-state index in [-0.39, 0.29) is 0 Å². The van der Waals surface area contributed by atoms with E-state index in [1.54, 1.807) is 5.57 Å². The molecule has 0 aromatic heterocycles. The summed E-state index contributed by atoms with van der Waals surface area (Å²) >= 11 is 0. The summed E-state index contributed by atoms with van der Waals surface area (Å²) in [5.41, 5.74) is 1.15. The third-order valence-corrected chi connectivity index (χ3v) is 5.21. The second kappa shape index (κ2) is 5.00. The Hall–Kier alpha value is -0.300. The third-order valence-electron chi connectivity index (χ3n) is 5.21. The molecule has 0 bridgehead atoms. The zero-order chi connectivity index (χ0) is 13.5. The van der Waals surface area contributed by atoms with Crippen LogP contribution in [0, 0.1) is 29.6 Å². The molecule has 2 rings (SSSR count). The van der Waals surface area contributed by atoms with E-state index in [0.29, 0.717) is 11.8 Å². The van der Waals surface area contributed by atoms with Gasteiger partial charge >= 0.3 is 0 Å².